The van der Waals surface area contributed by atoms with E-state index in [1.807, 2.05) is 0 Å². The molecule has 0 bridgehead atoms. The zero-order valence-corrected chi connectivity index (χ0v) is 15.8. The van der Waals surface area contributed by atoms with Crippen LogP contribution in [-0.2, 0) is 16.0 Å². The Kier molecular flexibility index (Phi) is 7.01. The number of amides is 2. The van der Waals surface area contributed by atoms with Crippen molar-refractivity contribution in [1.82, 2.24) is 9.80 Å². The van der Waals surface area contributed by atoms with Gasteiger partial charge in [0.1, 0.15) is 5.82 Å². The molecule has 0 spiro atoms. The summed E-state index contributed by atoms with van der Waals surface area (Å²) in [6.07, 6.45) is 4.70. The predicted octanol–water partition coefficient (Wildman–Crippen LogP) is 2.12. The van der Waals surface area contributed by atoms with E-state index in [9.17, 15) is 14.0 Å². The number of rotatable bonds is 3. The molecule has 1 aliphatic heterocycles. The van der Waals surface area contributed by atoms with Crippen molar-refractivity contribution in [3.63, 3.8) is 0 Å². The zero-order valence-electron chi connectivity index (χ0n) is 15.0. The normalized spacial score (nSPS) is 19.6. The fourth-order valence-electron chi connectivity index (χ4n) is 3.79. The molecule has 2 amide bonds. The van der Waals surface area contributed by atoms with E-state index in [0.717, 1.165) is 32.1 Å². The highest BCUT2D eigenvalue weighted by Gasteiger charge is 2.39. The summed E-state index contributed by atoms with van der Waals surface area (Å²) in [6, 6.07) is 6.34. The van der Waals surface area contributed by atoms with Crippen molar-refractivity contribution < 1.29 is 14.0 Å². The van der Waals surface area contributed by atoms with E-state index in [1.165, 1.54) is 6.07 Å². The van der Waals surface area contributed by atoms with Crippen LogP contribution in [-0.4, -0.2) is 53.3 Å². The Labute approximate surface area is 160 Å². The van der Waals surface area contributed by atoms with Crippen LogP contribution in [0.5, 0.6) is 0 Å². The Morgan fingerprint density at radius 3 is 2.19 bits per heavy atom. The zero-order chi connectivity index (χ0) is 17.9. The van der Waals surface area contributed by atoms with Gasteiger partial charge in [-0.05, 0) is 24.5 Å². The number of halogens is 2. The lowest BCUT2D eigenvalue weighted by Gasteiger charge is -2.41. The molecule has 3 rings (SSSR count). The van der Waals surface area contributed by atoms with Crippen LogP contribution in [0.3, 0.4) is 0 Å². The lowest BCUT2D eigenvalue weighted by molar-refractivity contribution is -0.143. The van der Waals surface area contributed by atoms with Crippen molar-refractivity contribution in [3.05, 3.63) is 35.6 Å². The molecule has 2 fully saturated rings. The second-order valence-corrected chi connectivity index (χ2v) is 7.16. The van der Waals surface area contributed by atoms with Crippen LogP contribution >= 0.6 is 12.4 Å². The minimum Gasteiger partial charge on any atom is -0.339 e. The van der Waals surface area contributed by atoms with Gasteiger partial charge in [-0.15, -0.1) is 12.4 Å². The summed E-state index contributed by atoms with van der Waals surface area (Å²) in [5, 5.41) is 0. The van der Waals surface area contributed by atoms with Crippen molar-refractivity contribution in [2.24, 2.45) is 5.73 Å². The summed E-state index contributed by atoms with van der Waals surface area (Å²) in [6.45, 7) is 1.96. The van der Waals surface area contributed by atoms with E-state index < -0.39 is 5.54 Å². The monoisotopic (exact) mass is 383 g/mol. The molecule has 0 radical (unpaired) electrons. The lowest BCUT2D eigenvalue weighted by Crippen LogP contribution is -2.60. The highest BCUT2D eigenvalue weighted by atomic mass is 35.5. The topological polar surface area (TPSA) is 66.6 Å². The average molecular weight is 384 g/mol. The number of benzene rings is 1. The summed E-state index contributed by atoms with van der Waals surface area (Å²) >= 11 is 0. The van der Waals surface area contributed by atoms with E-state index in [4.69, 9.17) is 5.73 Å². The van der Waals surface area contributed by atoms with E-state index in [1.54, 1.807) is 28.0 Å². The van der Waals surface area contributed by atoms with E-state index in [0.29, 0.717) is 31.7 Å². The van der Waals surface area contributed by atoms with Gasteiger partial charge in [0.15, 0.2) is 0 Å². The first-order valence-corrected chi connectivity index (χ1v) is 9.09. The molecule has 1 saturated carbocycles. The molecule has 2 N–H and O–H groups in total. The van der Waals surface area contributed by atoms with Crippen LogP contribution in [0.2, 0.25) is 0 Å². The van der Waals surface area contributed by atoms with Gasteiger partial charge < -0.3 is 15.5 Å². The van der Waals surface area contributed by atoms with Gasteiger partial charge in [-0.25, -0.2) is 4.39 Å². The van der Waals surface area contributed by atoms with Crippen LogP contribution in [0.1, 0.15) is 37.7 Å². The van der Waals surface area contributed by atoms with Gasteiger partial charge in [0, 0.05) is 26.2 Å². The second kappa shape index (κ2) is 8.82. The Hall–Kier alpha value is -1.66. The number of carbonyl (C=O) groups is 2. The molecule has 1 aromatic rings. The van der Waals surface area contributed by atoms with Crippen molar-refractivity contribution in [3.8, 4) is 0 Å². The average Bonchev–Trinajstić information content (AvgIpc) is 2.64. The highest BCUT2D eigenvalue weighted by Crippen LogP contribution is 2.28. The number of nitrogens with two attached hydrogens (primary N) is 1. The number of piperazine rings is 1. The molecule has 1 heterocycles. The van der Waals surface area contributed by atoms with Crippen LogP contribution in [0.15, 0.2) is 24.3 Å². The smallest absolute Gasteiger partial charge is 0.242 e. The van der Waals surface area contributed by atoms with Gasteiger partial charge in [0.2, 0.25) is 11.8 Å². The number of hydrogen-bond donors (Lipinski definition) is 1. The quantitative estimate of drug-likeness (QED) is 0.869. The summed E-state index contributed by atoms with van der Waals surface area (Å²) in [4.78, 5) is 28.6. The third kappa shape index (κ3) is 4.54. The Morgan fingerprint density at radius 2 is 1.58 bits per heavy atom. The first-order valence-electron chi connectivity index (χ1n) is 9.09. The second-order valence-electron chi connectivity index (χ2n) is 7.16. The molecule has 0 unspecified atom stereocenters. The third-order valence-electron chi connectivity index (χ3n) is 5.39. The molecule has 144 valence electrons. The van der Waals surface area contributed by atoms with Crippen LogP contribution in [0.4, 0.5) is 4.39 Å². The molecule has 1 aliphatic carbocycles. The Bertz CT molecular complexity index is 641. The Morgan fingerprint density at radius 1 is 1.00 bits per heavy atom. The summed E-state index contributed by atoms with van der Waals surface area (Å²) in [7, 11) is 0. The van der Waals surface area contributed by atoms with Crippen LogP contribution < -0.4 is 5.73 Å². The van der Waals surface area contributed by atoms with Crippen molar-refractivity contribution in [2.45, 2.75) is 44.1 Å². The summed E-state index contributed by atoms with van der Waals surface area (Å²) in [5.41, 5.74) is 6.02. The van der Waals surface area contributed by atoms with E-state index in [-0.39, 0.29) is 36.5 Å². The van der Waals surface area contributed by atoms with Crippen LogP contribution in [0.25, 0.3) is 0 Å². The maximum Gasteiger partial charge on any atom is 0.242 e. The molecule has 26 heavy (non-hydrogen) atoms. The first-order chi connectivity index (χ1) is 12.0. The number of carbonyl (C=O) groups excluding carboxylic acids is 2. The van der Waals surface area contributed by atoms with Crippen molar-refractivity contribution >= 4 is 24.2 Å². The van der Waals surface area contributed by atoms with Gasteiger partial charge in [0.25, 0.3) is 0 Å². The van der Waals surface area contributed by atoms with Gasteiger partial charge in [-0.3, -0.25) is 9.59 Å². The fraction of sp³-hybridized carbons (Fsp3) is 0.579. The number of nitrogens with zero attached hydrogens (tertiary/aromatic N) is 2. The van der Waals surface area contributed by atoms with Crippen molar-refractivity contribution in [2.75, 3.05) is 26.2 Å². The van der Waals surface area contributed by atoms with Gasteiger partial charge in [0.05, 0.1) is 12.0 Å². The van der Waals surface area contributed by atoms with Gasteiger partial charge in [-0.2, -0.15) is 0 Å². The highest BCUT2D eigenvalue weighted by molar-refractivity contribution is 5.87. The van der Waals surface area contributed by atoms with Gasteiger partial charge >= 0.3 is 0 Å². The molecular formula is C19H27ClFN3O2. The maximum absolute atomic E-state index is 13.7. The molecular weight excluding hydrogens is 357 g/mol. The summed E-state index contributed by atoms with van der Waals surface area (Å²) < 4.78 is 13.7. The fourth-order valence-corrected chi connectivity index (χ4v) is 3.79. The molecule has 5 nitrogen and oxygen atoms in total. The molecule has 1 saturated heterocycles. The molecule has 0 atom stereocenters. The van der Waals surface area contributed by atoms with Gasteiger partial charge in [-0.1, -0.05) is 37.5 Å². The largest absolute Gasteiger partial charge is 0.339 e. The minimum absolute atomic E-state index is 0. The van der Waals surface area contributed by atoms with Crippen LogP contribution in [0, 0.1) is 5.82 Å². The van der Waals surface area contributed by atoms with Crippen molar-refractivity contribution in [1.29, 1.82) is 0 Å². The standard InChI is InChI=1S/C19H26FN3O2.ClH/c20-16-7-3-2-6-15(16)14-17(24)22-10-12-23(13-11-22)18(25)19(21)8-4-1-5-9-19;/h2-3,6-7H,1,4-5,8-14,21H2;1H. The molecule has 7 heteroatoms. The predicted molar refractivity (Wildman–Crippen MR) is 101 cm³/mol. The van der Waals surface area contributed by atoms with E-state index in [2.05, 4.69) is 0 Å². The molecule has 0 aromatic heterocycles. The third-order valence-corrected chi connectivity index (χ3v) is 5.39. The first kappa shape index (κ1) is 20.6. The number of hydrogen-bond acceptors (Lipinski definition) is 3. The lowest BCUT2D eigenvalue weighted by atomic mass is 9.81. The SMILES string of the molecule is Cl.NC1(C(=O)N2CCN(C(=O)Cc3ccccc3F)CC2)CCCCC1. The maximum atomic E-state index is 13.7. The molecule has 1 aromatic carbocycles. The molecule has 2 aliphatic rings. The van der Waals surface area contributed by atoms with E-state index >= 15 is 0 Å². The minimum atomic E-state index is -0.725. The summed E-state index contributed by atoms with van der Waals surface area (Å²) in [5.74, 6) is -0.433. The Balaban J connectivity index is 0.00000243.